The van der Waals surface area contributed by atoms with Crippen molar-refractivity contribution in [2.45, 2.75) is 17.3 Å². The van der Waals surface area contributed by atoms with Gasteiger partial charge in [-0.05, 0) is 25.0 Å². The van der Waals surface area contributed by atoms with E-state index in [0.717, 1.165) is 0 Å². The van der Waals surface area contributed by atoms with Gasteiger partial charge in [0.25, 0.3) is 6.34 Å². The van der Waals surface area contributed by atoms with E-state index >= 15 is 0 Å². The van der Waals surface area contributed by atoms with Crippen LogP contribution in [0, 0.1) is 5.92 Å². The summed E-state index contributed by atoms with van der Waals surface area (Å²) in [7, 11) is 0. The molecular weight excluding hydrogens is 359 g/mol. The smallest absolute Gasteiger partial charge is 0.339 e. The van der Waals surface area contributed by atoms with E-state index in [2.05, 4.69) is 28.0 Å². The van der Waals surface area contributed by atoms with Crippen LogP contribution in [0.2, 0.25) is 0 Å². The third kappa shape index (κ3) is 4.35. The second-order valence-corrected chi connectivity index (χ2v) is 6.81. The van der Waals surface area contributed by atoms with Gasteiger partial charge in [-0.2, -0.15) is 5.84 Å². The summed E-state index contributed by atoms with van der Waals surface area (Å²) < 4.78 is 0.776. The number of hydrogen-bond acceptors (Lipinski definition) is 3. The average molecular weight is 377 g/mol. The van der Waals surface area contributed by atoms with E-state index in [-0.39, 0.29) is 11.5 Å². The molecule has 0 radical (unpaired) electrons. The molecule has 0 saturated carbocycles. The van der Waals surface area contributed by atoms with Crippen LogP contribution in [0.3, 0.4) is 0 Å². The fraction of sp³-hybridized carbons (Fsp3) is 0.333. The highest BCUT2D eigenvalue weighted by atomic mass is 127. The number of carboxylic acid groups (broad SMARTS) is 1. The standard InChI is InChI=1S/C12H17IN4O2/c1-8-3-4-12(2,13)6-9(11(18)19)10(5-8)17(15)7-16-14/h3-8H,14-15H2,1-2H3,(H,18,19)/p+1/b4-3-,9-6+,10-5+. The molecule has 6 N–H and O–H groups in total. The molecule has 0 saturated heterocycles. The SMILES string of the molecule is CC1/C=C\C(C)(I)\C=C(C(=O)O)/C([N+](/N)=C/NN)=C\1. The van der Waals surface area contributed by atoms with E-state index in [1.165, 1.54) is 11.0 Å². The summed E-state index contributed by atoms with van der Waals surface area (Å²) in [6.45, 7) is 3.88. The first-order chi connectivity index (χ1) is 8.76. The Hall–Kier alpha value is -1.35. The Labute approximate surface area is 125 Å². The normalized spacial score (nSPS) is 35.2. The lowest BCUT2D eigenvalue weighted by atomic mass is 9.97. The lowest BCUT2D eigenvalue weighted by Gasteiger charge is -2.19. The highest BCUT2D eigenvalue weighted by Gasteiger charge is 2.26. The van der Waals surface area contributed by atoms with Crippen molar-refractivity contribution in [1.29, 1.82) is 0 Å². The molecular formula is C12H18IN4O2+. The number of carbonyl (C=O) groups is 1. The Bertz CT molecular complexity index is 492. The maximum absolute atomic E-state index is 11.4. The van der Waals surface area contributed by atoms with Gasteiger partial charge in [-0.25, -0.2) is 10.2 Å². The second kappa shape index (κ2) is 6.20. The number of carboxylic acids is 1. The van der Waals surface area contributed by atoms with E-state index in [0.29, 0.717) is 5.70 Å². The summed E-state index contributed by atoms with van der Waals surface area (Å²) in [5.74, 6) is 10.0. The highest BCUT2D eigenvalue weighted by Crippen LogP contribution is 2.29. The number of nitrogens with one attached hydrogen (secondary N) is 1. The summed E-state index contributed by atoms with van der Waals surface area (Å²) in [6, 6.07) is 0. The van der Waals surface area contributed by atoms with Crippen LogP contribution < -0.4 is 17.1 Å². The first-order valence-electron chi connectivity index (χ1n) is 5.67. The molecule has 6 nitrogen and oxygen atoms in total. The van der Waals surface area contributed by atoms with E-state index in [4.69, 9.17) is 11.7 Å². The first-order valence-corrected chi connectivity index (χ1v) is 6.74. The molecule has 1 rings (SSSR count). The minimum Gasteiger partial charge on any atom is -0.478 e. The zero-order valence-electron chi connectivity index (χ0n) is 10.8. The maximum atomic E-state index is 11.4. The van der Waals surface area contributed by atoms with E-state index in [1.54, 1.807) is 12.2 Å². The number of nitrogens with zero attached hydrogens (tertiary/aromatic N) is 1. The van der Waals surface area contributed by atoms with Gasteiger partial charge in [-0.3, -0.25) is 5.84 Å². The molecule has 7 heteroatoms. The van der Waals surface area contributed by atoms with Crippen LogP contribution in [0.4, 0.5) is 0 Å². The van der Waals surface area contributed by atoms with Crippen molar-refractivity contribution in [3.8, 4) is 0 Å². The molecule has 0 aromatic carbocycles. The predicted octanol–water partition coefficient (Wildman–Crippen LogP) is 0.659. The molecule has 1 aliphatic carbocycles. The number of hydrazine groups is 2. The van der Waals surface area contributed by atoms with Gasteiger partial charge in [0.2, 0.25) is 0 Å². The Morgan fingerprint density at radius 2 is 2.32 bits per heavy atom. The fourth-order valence-corrected chi connectivity index (χ4v) is 2.20. The molecule has 0 spiro atoms. The van der Waals surface area contributed by atoms with Crippen LogP contribution in [0.5, 0.6) is 0 Å². The number of hydrogen-bond donors (Lipinski definition) is 4. The van der Waals surface area contributed by atoms with Crippen LogP contribution in [0.15, 0.2) is 35.6 Å². The summed E-state index contributed by atoms with van der Waals surface area (Å²) in [5.41, 5.74) is 2.83. The van der Waals surface area contributed by atoms with Gasteiger partial charge in [0.05, 0.1) is 3.42 Å². The van der Waals surface area contributed by atoms with Crippen LogP contribution in [0.1, 0.15) is 13.8 Å². The van der Waals surface area contributed by atoms with Crippen molar-refractivity contribution in [3.63, 3.8) is 0 Å². The fourth-order valence-electron chi connectivity index (χ4n) is 1.68. The second-order valence-electron chi connectivity index (χ2n) is 4.49. The van der Waals surface area contributed by atoms with Gasteiger partial charge in [-0.15, -0.1) is 4.68 Å². The summed E-state index contributed by atoms with van der Waals surface area (Å²) in [6.07, 6.45) is 8.71. The molecule has 0 heterocycles. The Morgan fingerprint density at radius 1 is 1.68 bits per heavy atom. The highest BCUT2D eigenvalue weighted by molar-refractivity contribution is 14.1. The van der Waals surface area contributed by atoms with Crippen molar-refractivity contribution in [2.75, 3.05) is 0 Å². The number of nitrogens with two attached hydrogens (primary N) is 2. The van der Waals surface area contributed by atoms with E-state index in [1.807, 2.05) is 26.0 Å². The number of halogens is 1. The topological polar surface area (TPSA) is 104 Å². The third-order valence-corrected chi connectivity index (χ3v) is 3.24. The number of alkyl halides is 1. The number of hydrazone groups is 1. The largest absolute Gasteiger partial charge is 0.478 e. The van der Waals surface area contributed by atoms with Gasteiger partial charge in [0.1, 0.15) is 5.57 Å². The summed E-state index contributed by atoms with van der Waals surface area (Å²) in [4.78, 5) is 11.4. The molecule has 2 atom stereocenters. The monoisotopic (exact) mass is 377 g/mol. The molecule has 0 aromatic heterocycles. The van der Waals surface area contributed by atoms with Crippen LogP contribution >= 0.6 is 22.6 Å². The van der Waals surface area contributed by atoms with Crippen LogP contribution in [-0.4, -0.2) is 25.5 Å². The van der Waals surface area contributed by atoms with Crippen molar-refractivity contribution < 1.29 is 14.6 Å². The molecule has 2 unspecified atom stereocenters. The molecule has 0 fully saturated rings. The predicted molar refractivity (Wildman–Crippen MR) is 82.4 cm³/mol. The third-order valence-electron chi connectivity index (χ3n) is 2.57. The minimum atomic E-state index is -1.03. The van der Waals surface area contributed by atoms with Crippen molar-refractivity contribution in [1.82, 2.24) is 5.43 Å². The zero-order valence-corrected chi connectivity index (χ0v) is 13.0. The molecule has 0 bridgehead atoms. The Balaban J connectivity index is 3.45. The van der Waals surface area contributed by atoms with Crippen LogP contribution in [0.25, 0.3) is 0 Å². The zero-order chi connectivity index (χ0) is 14.6. The molecule has 0 amide bonds. The lowest BCUT2D eigenvalue weighted by molar-refractivity contribution is -0.482. The van der Waals surface area contributed by atoms with Gasteiger partial charge in [0, 0.05) is 0 Å². The van der Waals surface area contributed by atoms with Crippen molar-refractivity contribution in [2.24, 2.45) is 17.6 Å². The number of rotatable bonds is 3. The van der Waals surface area contributed by atoms with Gasteiger partial charge in [0.15, 0.2) is 5.70 Å². The summed E-state index contributed by atoms with van der Waals surface area (Å²) in [5, 5.41) is 9.38. The average Bonchev–Trinajstić information content (AvgIpc) is 2.29. The molecule has 1 aliphatic rings. The van der Waals surface area contributed by atoms with Crippen molar-refractivity contribution in [3.05, 3.63) is 35.6 Å². The number of aliphatic carboxylic acids is 1. The Morgan fingerprint density at radius 3 is 2.84 bits per heavy atom. The van der Waals surface area contributed by atoms with Gasteiger partial charge < -0.3 is 5.11 Å². The molecule has 0 aromatic rings. The summed E-state index contributed by atoms with van der Waals surface area (Å²) >= 11 is 2.18. The van der Waals surface area contributed by atoms with E-state index in [9.17, 15) is 9.90 Å². The van der Waals surface area contributed by atoms with Gasteiger partial charge in [-0.1, -0.05) is 41.7 Å². The van der Waals surface area contributed by atoms with Crippen LogP contribution in [-0.2, 0) is 4.79 Å². The molecule has 19 heavy (non-hydrogen) atoms. The van der Waals surface area contributed by atoms with Gasteiger partial charge >= 0.3 is 5.97 Å². The molecule has 0 aliphatic heterocycles. The quantitative estimate of drug-likeness (QED) is 0.0846. The molecule has 104 valence electrons. The van der Waals surface area contributed by atoms with E-state index < -0.39 is 9.39 Å². The number of allylic oxidation sites excluding steroid dienone is 4. The lowest BCUT2D eigenvalue weighted by Crippen LogP contribution is -2.33. The van der Waals surface area contributed by atoms with Crippen molar-refractivity contribution >= 4 is 34.9 Å². The Kier molecular flexibility index (Phi) is 5.12. The maximum Gasteiger partial charge on any atom is 0.339 e. The minimum absolute atomic E-state index is 0.0596. The first kappa shape index (κ1) is 15.7.